The van der Waals surface area contributed by atoms with Gasteiger partial charge in [0.15, 0.2) is 5.13 Å². The average Bonchev–Trinajstić information content (AvgIpc) is 3.15. The van der Waals surface area contributed by atoms with Crippen molar-refractivity contribution < 1.29 is 9.53 Å². The lowest BCUT2D eigenvalue weighted by Crippen LogP contribution is -2.07. The van der Waals surface area contributed by atoms with Crippen LogP contribution in [0.2, 0.25) is 5.02 Å². The van der Waals surface area contributed by atoms with E-state index in [9.17, 15) is 4.79 Å². The monoisotopic (exact) mass is 350 g/mol. The fourth-order valence-corrected chi connectivity index (χ4v) is 3.64. The number of nitrogens with one attached hydrogen (secondary N) is 1. The molecule has 0 atom stereocenters. The van der Waals surface area contributed by atoms with Gasteiger partial charge in [-0.2, -0.15) is 0 Å². The van der Waals surface area contributed by atoms with Crippen LogP contribution in [0.4, 0.5) is 5.13 Å². The molecule has 1 N–H and O–H groups in total. The Morgan fingerprint density at radius 3 is 3.00 bits per heavy atom. The molecule has 0 unspecified atom stereocenters. The Kier molecular flexibility index (Phi) is 4.42. The number of methoxy groups -OCH3 is 1. The summed E-state index contributed by atoms with van der Waals surface area (Å²) in [5.41, 5.74) is 0.650. The number of benzene rings is 1. The van der Waals surface area contributed by atoms with Gasteiger partial charge in [0.2, 0.25) is 5.91 Å². The summed E-state index contributed by atoms with van der Waals surface area (Å²) in [5, 5.41) is 5.78. The van der Waals surface area contributed by atoms with Gasteiger partial charge in [-0.25, -0.2) is 4.98 Å². The molecule has 1 aromatic carbocycles. The summed E-state index contributed by atoms with van der Waals surface area (Å²) in [6.07, 6.45) is 3.25. The van der Waals surface area contributed by atoms with Crippen molar-refractivity contribution in [3.05, 3.63) is 45.6 Å². The van der Waals surface area contributed by atoms with Crippen LogP contribution in [0, 0.1) is 0 Å². The topological polar surface area (TPSA) is 51.2 Å². The third-order valence-electron chi connectivity index (χ3n) is 2.85. The van der Waals surface area contributed by atoms with Crippen LogP contribution in [-0.4, -0.2) is 18.0 Å². The maximum atomic E-state index is 11.9. The predicted octanol–water partition coefficient (Wildman–Crippen LogP) is 4.67. The van der Waals surface area contributed by atoms with Crippen LogP contribution in [0.5, 0.6) is 5.75 Å². The lowest BCUT2D eigenvalue weighted by atomic mass is 10.3. The van der Waals surface area contributed by atoms with Crippen molar-refractivity contribution in [3.8, 4) is 5.75 Å². The Morgan fingerprint density at radius 2 is 2.27 bits per heavy atom. The number of hydrogen-bond donors (Lipinski definition) is 1. The summed E-state index contributed by atoms with van der Waals surface area (Å²) < 4.78 is 6.05. The number of halogens is 1. The zero-order chi connectivity index (χ0) is 15.5. The molecule has 0 fully saturated rings. The second-order valence-electron chi connectivity index (χ2n) is 4.28. The molecular weight excluding hydrogens is 340 g/mol. The minimum atomic E-state index is -0.234. The van der Waals surface area contributed by atoms with Gasteiger partial charge in [-0.1, -0.05) is 29.0 Å². The lowest BCUT2D eigenvalue weighted by molar-refractivity contribution is -0.111. The van der Waals surface area contributed by atoms with Crippen LogP contribution in [-0.2, 0) is 4.79 Å². The second-order valence-corrected chi connectivity index (χ2v) is 6.67. The van der Waals surface area contributed by atoms with Gasteiger partial charge in [0.05, 0.1) is 16.8 Å². The van der Waals surface area contributed by atoms with Gasteiger partial charge >= 0.3 is 0 Å². The van der Waals surface area contributed by atoms with Crippen molar-refractivity contribution in [1.82, 2.24) is 4.98 Å². The number of anilines is 1. The van der Waals surface area contributed by atoms with Gasteiger partial charge in [-0.05, 0) is 29.7 Å². The summed E-state index contributed by atoms with van der Waals surface area (Å²) in [4.78, 5) is 17.3. The summed E-state index contributed by atoms with van der Waals surface area (Å²) >= 11 is 9.04. The first-order chi connectivity index (χ1) is 10.7. The summed E-state index contributed by atoms with van der Waals surface area (Å²) in [7, 11) is 1.57. The van der Waals surface area contributed by atoms with Crippen LogP contribution in [0.15, 0.2) is 35.7 Å². The molecule has 0 saturated carbocycles. The Bertz CT molecular complexity index is 841. The quantitative estimate of drug-likeness (QED) is 0.695. The van der Waals surface area contributed by atoms with Gasteiger partial charge < -0.3 is 4.74 Å². The van der Waals surface area contributed by atoms with Gasteiger partial charge in [0.1, 0.15) is 11.3 Å². The molecule has 0 saturated heterocycles. The Morgan fingerprint density at radius 1 is 1.41 bits per heavy atom. The molecule has 0 aliphatic rings. The minimum absolute atomic E-state index is 0.234. The summed E-state index contributed by atoms with van der Waals surface area (Å²) in [6.45, 7) is 0. The molecular formula is C15H11ClN2O2S2. The molecule has 0 radical (unpaired) electrons. The minimum Gasteiger partial charge on any atom is -0.494 e. The zero-order valence-corrected chi connectivity index (χ0v) is 13.9. The molecule has 0 spiro atoms. The van der Waals surface area contributed by atoms with Gasteiger partial charge in [0, 0.05) is 11.0 Å². The molecule has 1 amide bonds. The summed E-state index contributed by atoms with van der Waals surface area (Å²) in [5.74, 6) is 0.396. The van der Waals surface area contributed by atoms with E-state index in [4.69, 9.17) is 16.3 Å². The second kappa shape index (κ2) is 6.48. The van der Waals surface area contributed by atoms with E-state index in [1.54, 1.807) is 36.7 Å². The van der Waals surface area contributed by atoms with Gasteiger partial charge in [0.25, 0.3) is 0 Å². The van der Waals surface area contributed by atoms with Crippen LogP contribution < -0.4 is 10.1 Å². The predicted molar refractivity (Wildman–Crippen MR) is 93.2 cm³/mol. The number of carbonyl (C=O) groups is 1. The maximum Gasteiger partial charge on any atom is 0.250 e. The van der Waals surface area contributed by atoms with Crippen molar-refractivity contribution in [3.63, 3.8) is 0 Å². The van der Waals surface area contributed by atoms with E-state index in [0.717, 1.165) is 9.58 Å². The smallest absolute Gasteiger partial charge is 0.250 e. The van der Waals surface area contributed by atoms with Crippen molar-refractivity contribution in [2.45, 2.75) is 0 Å². The first-order valence-electron chi connectivity index (χ1n) is 6.33. The highest BCUT2D eigenvalue weighted by Crippen LogP contribution is 2.37. The largest absolute Gasteiger partial charge is 0.494 e. The molecule has 22 heavy (non-hydrogen) atoms. The molecule has 0 aliphatic carbocycles. The van der Waals surface area contributed by atoms with E-state index in [0.29, 0.717) is 21.4 Å². The summed E-state index contributed by atoms with van der Waals surface area (Å²) in [6, 6.07) is 7.39. The molecule has 0 bridgehead atoms. The van der Waals surface area contributed by atoms with Crippen LogP contribution >= 0.6 is 34.3 Å². The molecule has 0 aliphatic heterocycles. The molecule has 112 valence electrons. The number of hydrogen-bond acceptors (Lipinski definition) is 5. The number of ether oxygens (including phenoxy) is 1. The Hall–Kier alpha value is -1.89. The van der Waals surface area contributed by atoms with Crippen molar-refractivity contribution in [2.75, 3.05) is 12.4 Å². The van der Waals surface area contributed by atoms with Crippen LogP contribution in [0.25, 0.3) is 16.3 Å². The molecule has 3 rings (SSSR count). The van der Waals surface area contributed by atoms with E-state index < -0.39 is 0 Å². The number of aromatic nitrogens is 1. The normalized spacial score (nSPS) is 11.2. The first-order valence-corrected chi connectivity index (χ1v) is 8.40. The third kappa shape index (κ3) is 3.14. The third-order valence-corrected chi connectivity index (χ3v) is 5.12. The number of thiazole rings is 1. The number of amides is 1. The number of thiophene rings is 1. The van der Waals surface area contributed by atoms with Crippen molar-refractivity contribution >= 4 is 61.6 Å². The van der Waals surface area contributed by atoms with Gasteiger partial charge in [-0.3, -0.25) is 10.1 Å². The number of fused-ring (bicyclic) bond motifs is 1. The van der Waals surface area contributed by atoms with E-state index in [2.05, 4.69) is 10.3 Å². The number of carbonyl (C=O) groups excluding carboxylic acids is 1. The standard InChI is InChI=1S/C15H11ClN2O2S2/c1-20-11-6-5-10(16)14-13(11)18-15(22-14)17-12(19)7-4-9-3-2-8-21-9/h2-8H,1H3,(H,17,18,19)/b7-4+. The van der Waals surface area contributed by atoms with E-state index in [-0.39, 0.29) is 5.91 Å². The first kappa shape index (κ1) is 15.0. The Balaban J connectivity index is 1.82. The fraction of sp³-hybridized carbons (Fsp3) is 0.0667. The van der Waals surface area contributed by atoms with Crippen molar-refractivity contribution in [1.29, 1.82) is 0 Å². The highest BCUT2D eigenvalue weighted by molar-refractivity contribution is 7.23. The van der Waals surface area contributed by atoms with Gasteiger partial charge in [-0.15, -0.1) is 11.3 Å². The number of nitrogens with zero attached hydrogens (tertiary/aromatic N) is 1. The molecule has 2 aromatic heterocycles. The molecule has 4 nitrogen and oxygen atoms in total. The highest BCUT2D eigenvalue weighted by atomic mass is 35.5. The van der Waals surface area contributed by atoms with E-state index in [1.165, 1.54) is 17.4 Å². The molecule has 2 heterocycles. The van der Waals surface area contributed by atoms with E-state index in [1.807, 2.05) is 17.5 Å². The molecule has 3 aromatic rings. The highest BCUT2D eigenvalue weighted by Gasteiger charge is 2.13. The Labute approximate surface area is 140 Å². The SMILES string of the molecule is COc1ccc(Cl)c2sc(NC(=O)/C=C/c3cccs3)nc12. The lowest BCUT2D eigenvalue weighted by Gasteiger charge is -2.00. The molecule has 7 heteroatoms. The maximum absolute atomic E-state index is 11.9. The van der Waals surface area contributed by atoms with E-state index >= 15 is 0 Å². The number of rotatable bonds is 4. The average molecular weight is 351 g/mol. The van der Waals surface area contributed by atoms with Crippen LogP contribution in [0.3, 0.4) is 0 Å². The van der Waals surface area contributed by atoms with Crippen molar-refractivity contribution in [2.24, 2.45) is 0 Å². The van der Waals surface area contributed by atoms with Crippen LogP contribution in [0.1, 0.15) is 4.88 Å². The zero-order valence-electron chi connectivity index (χ0n) is 11.5. The fourth-order valence-electron chi connectivity index (χ4n) is 1.86.